The Kier molecular flexibility index (Phi) is 6.17. The van der Waals surface area contributed by atoms with Crippen LogP contribution in [0, 0.1) is 10.1 Å². The Labute approximate surface area is 172 Å². The van der Waals surface area contributed by atoms with Crippen molar-refractivity contribution in [3.63, 3.8) is 0 Å². The average Bonchev–Trinajstić information content (AvgIpc) is 2.74. The number of benzene rings is 2. The predicted molar refractivity (Wildman–Crippen MR) is 110 cm³/mol. The molecule has 2 N–H and O–H groups in total. The number of nitrogens with zero attached hydrogens (tertiary/aromatic N) is 3. The van der Waals surface area contributed by atoms with Gasteiger partial charge in [0, 0.05) is 37.8 Å². The maximum atomic E-state index is 12.6. The number of rotatable bonds is 5. The number of aromatic hydroxyl groups is 1. The third kappa shape index (κ3) is 4.33. The Morgan fingerprint density at radius 2 is 1.87 bits per heavy atom. The van der Waals surface area contributed by atoms with Gasteiger partial charge in [0.1, 0.15) is 11.3 Å². The lowest BCUT2D eigenvalue weighted by atomic mass is 10.1. The summed E-state index contributed by atoms with van der Waals surface area (Å²) in [7, 11) is 3.16. The molecule has 1 aliphatic rings. The van der Waals surface area contributed by atoms with Crippen molar-refractivity contribution in [1.29, 1.82) is 0 Å². The second-order valence-electron chi connectivity index (χ2n) is 6.90. The molecule has 10 heteroatoms. The fourth-order valence-electron chi connectivity index (χ4n) is 3.24. The van der Waals surface area contributed by atoms with E-state index in [4.69, 9.17) is 0 Å². The van der Waals surface area contributed by atoms with E-state index in [1.54, 1.807) is 6.07 Å². The van der Waals surface area contributed by atoms with Crippen LogP contribution in [0.15, 0.2) is 36.4 Å². The first-order valence-corrected chi connectivity index (χ1v) is 9.25. The lowest BCUT2D eigenvalue weighted by Gasteiger charge is -2.33. The van der Waals surface area contributed by atoms with Crippen LogP contribution in [0.2, 0.25) is 0 Å². The Bertz CT molecular complexity index is 985. The van der Waals surface area contributed by atoms with Crippen molar-refractivity contribution in [3.05, 3.63) is 57.6 Å². The van der Waals surface area contributed by atoms with E-state index in [9.17, 15) is 24.8 Å². The van der Waals surface area contributed by atoms with E-state index in [2.05, 4.69) is 15.0 Å². The van der Waals surface area contributed by atoms with Crippen molar-refractivity contribution >= 4 is 28.9 Å². The number of nitro groups is 1. The van der Waals surface area contributed by atoms with Crippen LogP contribution in [0.25, 0.3) is 0 Å². The van der Waals surface area contributed by atoms with Crippen LogP contribution in [-0.2, 0) is 4.74 Å². The molecule has 1 aliphatic heterocycles. The van der Waals surface area contributed by atoms with Gasteiger partial charge in [0.15, 0.2) is 5.75 Å². The number of esters is 1. The summed E-state index contributed by atoms with van der Waals surface area (Å²) in [5.41, 5.74) is 0.239. The summed E-state index contributed by atoms with van der Waals surface area (Å²) in [6.07, 6.45) is 0. The molecule has 0 aromatic heterocycles. The van der Waals surface area contributed by atoms with Crippen molar-refractivity contribution in [3.8, 4) is 5.75 Å². The highest BCUT2D eigenvalue weighted by atomic mass is 16.6. The van der Waals surface area contributed by atoms with Crippen LogP contribution in [0.1, 0.15) is 20.7 Å². The van der Waals surface area contributed by atoms with Gasteiger partial charge in [-0.05, 0) is 31.3 Å². The van der Waals surface area contributed by atoms with Gasteiger partial charge >= 0.3 is 5.97 Å². The van der Waals surface area contributed by atoms with Gasteiger partial charge in [0.25, 0.3) is 11.6 Å². The lowest BCUT2D eigenvalue weighted by molar-refractivity contribution is -0.384. The summed E-state index contributed by atoms with van der Waals surface area (Å²) < 4.78 is 4.59. The molecule has 2 aromatic carbocycles. The molecule has 3 rings (SSSR count). The number of nitrogens with one attached hydrogen (secondary N) is 1. The number of carbonyl (C=O) groups excluding carboxylic acids is 2. The van der Waals surface area contributed by atoms with E-state index in [1.807, 2.05) is 11.9 Å². The van der Waals surface area contributed by atoms with Crippen molar-refractivity contribution in [1.82, 2.24) is 4.90 Å². The van der Waals surface area contributed by atoms with Gasteiger partial charge in [0.2, 0.25) is 0 Å². The van der Waals surface area contributed by atoms with Crippen LogP contribution < -0.4 is 10.2 Å². The van der Waals surface area contributed by atoms with E-state index < -0.39 is 22.5 Å². The molecule has 1 fully saturated rings. The summed E-state index contributed by atoms with van der Waals surface area (Å²) >= 11 is 0. The molecule has 0 saturated carbocycles. The highest BCUT2D eigenvalue weighted by Gasteiger charge is 2.25. The summed E-state index contributed by atoms with van der Waals surface area (Å²) in [6.45, 7) is 2.87. The number of para-hydroxylation sites is 1. The van der Waals surface area contributed by atoms with Crippen LogP contribution in [0.4, 0.5) is 17.1 Å². The quantitative estimate of drug-likeness (QED) is 0.330. The second kappa shape index (κ2) is 8.78. The topological polar surface area (TPSA) is 125 Å². The smallest absolute Gasteiger partial charge is 0.341 e. The molecular formula is C20H22N4O6. The molecule has 1 saturated heterocycles. The van der Waals surface area contributed by atoms with Crippen molar-refractivity contribution < 1.29 is 24.4 Å². The highest BCUT2D eigenvalue weighted by Crippen LogP contribution is 2.32. The van der Waals surface area contributed by atoms with Crippen molar-refractivity contribution in [2.24, 2.45) is 0 Å². The number of hydrogen-bond donors (Lipinski definition) is 2. The van der Waals surface area contributed by atoms with Gasteiger partial charge in [0.05, 0.1) is 17.7 Å². The maximum Gasteiger partial charge on any atom is 0.341 e. The first-order valence-electron chi connectivity index (χ1n) is 9.25. The van der Waals surface area contributed by atoms with Gasteiger partial charge in [-0.15, -0.1) is 0 Å². The van der Waals surface area contributed by atoms with E-state index in [-0.39, 0.29) is 22.5 Å². The van der Waals surface area contributed by atoms with Crippen LogP contribution in [-0.4, -0.2) is 67.1 Å². The second-order valence-corrected chi connectivity index (χ2v) is 6.90. The minimum Gasteiger partial charge on any atom is -0.505 e. The van der Waals surface area contributed by atoms with E-state index in [1.165, 1.54) is 37.4 Å². The molecule has 10 nitrogen and oxygen atoms in total. The summed E-state index contributed by atoms with van der Waals surface area (Å²) in [5, 5.41) is 24.3. The number of phenolic OH excluding ortho intramolecular Hbond substituents is 1. The predicted octanol–water partition coefficient (Wildman–Crippen LogP) is 2.09. The zero-order valence-electron chi connectivity index (χ0n) is 16.6. The van der Waals surface area contributed by atoms with E-state index >= 15 is 0 Å². The number of methoxy groups -OCH3 is 1. The molecule has 30 heavy (non-hydrogen) atoms. The molecule has 158 valence electrons. The number of ether oxygens (including phenoxy) is 1. The molecule has 0 aliphatic carbocycles. The lowest BCUT2D eigenvalue weighted by Crippen LogP contribution is -2.44. The van der Waals surface area contributed by atoms with Crippen LogP contribution >= 0.6 is 0 Å². The van der Waals surface area contributed by atoms with Gasteiger partial charge in [-0.25, -0.2) is 4.79 Å². The fraction of sp³-hybridized carbons (Fsp3) is 0.300. The van der Waals surface area contributed by atoms with Gasteiger partial charge in [-0.1, -0.05) is 6.07 Å². The summed E-state index contributed by atoms with van der Waals surface area (Å²) in [4.78, 5) is 39.5. The van der Waals surface area contributed by atoms with E-state index in [0.717, 1.165) is 13.1 Å². The van der Waals surface area contributed by atoms with Crippen LogP contribution in [0.5, 0.6) is 5.75 Å². The van der Waals surface area contributed by atoms with Crippen LogP contribution in [0.3, 0.4) is 0 Å². The van der Waals surface area contributed by atoms with Crippen molar-refractivity contribution in [2.75, 3.05) is 50.6 Å². The number of amides is 1. The largest absolute Gasteiger partial charge is 0.505 e. The number of nitro benzene ring substituents is 1. The number of likely N-dealkylation sites (N-methyl/N-ethyl adjacent to an activating group) is 1. The number of anilines is 2. The average molecular weight is 414 g/mol. The Morgan fingerprint density at radius 1 is 1.17 bits per heavy atom. The number of hydrogen-bond acceptors (Lipinski definition) is 8. The molecule has 1 heterocycles. The Balaban J connectivity index is 1.86. The standard InChI is InChI=1S/C20H22N4O6/c1-22-8-10-23(11-9-22)16-7-6-13(12-17(16)24(28)29)19(26)21-15-5-3-4-14(18(15)25)20(27)30-2/h3-7,12,25H,8-11H2,1-2H3,(H,21,26). The van der Waals surface area contributed by atoms with Gasteiger partial charge in [-0.2, -0.15) is 0 Å². The minimum absolute atomic E-state index is 0.00584. The zero-order valence-corrected chi connectivity index (χ0v) is 16.6. The molecule has 0 radical (unpaired) electrons. The first kappa shape index (κ1) is 21.1. The molecule has 0 spiro atoms. The SMILES string of the molecule is COC(=O)c1cccc(NC(=O)c2ccc(N3CCN(C)CC3)c([N+](=O)[O-])c2)c1O. The molecular weight excluding hydrogens is 392 g/mol. The highest BCUT2D eigenvalue weighted by molar-refractivity contribution is 6.07. The Hall–Kier alpha value is -3.66. The summed E-state index contributed by atoms with van der Waals surface area (Å²) in [6, 6.07) is 8.50. The van der Waals surface area contributed by atoms with E-state index in [0.29, 0.717) is 18.8 Å². The molecule has 2 aromatic rings. The third-order valence-electron chi connectivity index (χ3n) is 4.97. The number of piperazine rings is 1. The minimum atomic E-state index is -0.754. The van der Waals surface area contributed by atoms with Crippen molar-refractivity contribution in [2.45, 2.75) is 0 Å². The molecule has 0 unspecified atom stereocenters. The monoisotopic (exact) mass is 414 g/mol. The first-order chi connectivity index (χ1) is 14.3. The van der Waals surface area contributed by atoms with Gasteiger partial charge < -0.3 is 25.0 Å². The molecule has 0 bridgehead atoms. The third-order valence-corrected chi connectivity index (χ3v) is 4.97. The summed E-state index contributed by atoms with van der Waals surface area (Å²) in [5.74, 6) is -1.85. The Morgan fingerprint density at radius 3 is 2.50 bits per heavy atom. The fourth-order valence-corrected chi connectivity index (χ4v) is 3.24. The maximum absolute atomic E-state index is 12.6. The zero-order chi connectivity index (χ0) is 21.8. The number of carbonyl (C=O) groups is 2. The number of phenols is 1. The molecule has 1 amide bonds. The normalized spacial score (nSPS) is 14.3. The van der Waals surface area contributed by atoms with Gasteiger partial charge in [-0.3, -0.25) is 14.9 Å². The molecule has 0 atom stereocenters.